The van der Waals surface area contributed by atoms with Crippen molar-refractivity contribution in [2.75, 3.05) is 19.0 Å². The molecule has 4 heteroatoms. The summed E-state index contributed by atoms with van der Waals surface area (Å²) < 4.78 is 1.91. The van der Waals surface area contributed by atoms with Gasteiger partial charge in [0.2, 0.25) is 0 Å². The van der Waals surface area contributed by atoms with E-state index in [0.29, 0.717) is 0 Å². The molecule has 2 heterocycles. The Labute approximate surface area is 141 Å². The van der Waals surface area contributed by atoms with E-state index in [1.54, 1.807) is 0 Å². The Morgan fingerprint density at radius 1 is 0.833 bits per heavy atom. The number of rotatable bonds is 3. The second-order valence-electron chi connectivity index (χ2n) is 5.94. The van der Waals surface area contributed by atoms with Gasteiger partial charge in [-0.1, -0.05) is 42.5 Å². The molecule has 0 bridgehead atoms. The standard InChI is InChI=1S/C20H18N4/c1-23(2)17-10-6-9-16(13-17)18-11-12-20-21-14-19(24(20)22-18)15-7-4-3-5-8-15/h3-14H,1-2H3. The molecule has 0 saturated heterocycles. The summed E-state index contributed by atoms with van der Waals surface area (Å²) in [6.07, 6.45) is 1.87. The van der Waals surface area contributed by atoms with Crippen molar-refractivity contribution in [3.63, 3.8) is 0 Å². The van der Waals surface area contributed by atoms with E-state index >= 15 is 0 Å². The van der Waals surface area contributed by atoms with Gasteiger partial charge in [-0.2, -0.15) is 5.10 Å². The molecule has 4 nitrogen and oxygen atoms in total. The SMILES string of the molecule is CN(C)c1cccc(-c2ccc3ncc(-c4ccccc4)n3n2)c1. The van der Waals surface area contributed by atoms with Crippen LogP contribution in [0.5, 0.6) is 0 Å². The van der Waals surface area contributed by atoms with E-state index in [-0.39, 0.29) is 0 Å². The van der Waals surface area contributed by atoms with Crippen LogP contribution in [0, 0.1) is 0 Å². The zero-order valence-corrected chi connectivity index (χ0v) is 13.7. The summed E-state index contributed by atoms with van der Waals surface area (Å²) in [7, 11) is 4.08. The number of hydrogen-bond donors (Lipinski definition) is 0. The van der Waals surface area contributed by atoms with Crippen LogP contribution in [0.25, 0.3) is 28.2 Å². The highest BCUT2D eigenvalue weighted by molar-refractivity contribution is 5.68. The highest BCUT2D eigenvalue weighted by Gasteiger charge is 2.09. The summed E-state index contributed by atoms with van der Waals surface area (Å²) in [5, 5.41) is 4.82. The minimum absolute atomic E-state index is 0.848. The van der Waals surface area contributed by atoms with Gasteiger partial charge in [-0.25, -0.2) is 9.50 Å². The van der Waals surface area contributed by atoms with Gasteiger partial charge in [0, 0.05) is 30.9 Å². The molecule has 24 heavy (non-hydrogen) atoms. The van der Waals surface area contributed by atoms with E-state index in [1.165, 1.54) is 0 Å². The number of hydrogen-bond acceptors (Lipinski definition) is 3. The average molecular weight is 314 g/mol. The number of anilines is 1. The Hall–Kier alpha value is -3.14. The van der Waals surface area contributed by atoms with Crippen molar-refractivity contribution in [1.29, 1.82) is 0 Å². The fourth-order valence-corrected chi connectivity index (χ4v) is 2.78. The molecule has 0 unspecified atom stereocenters. The lowest BCUT2D eigenvalue weighted by molar-refractivity contribution is 0.949. The maximum Gasteiger partial charge on any atom is 0.154 e. The molecule has 0 aliphatic rings. The van der Waals surface area contributed by atoms with Gasteiger partial charge in [-0.05, 0) is 24.3 Å². The van der Waals surface area contributed by atoms with Crippen molar-refractivity contribution in [3.8, 4) is 22.5 Å². The van der Waals surface area contributed by atoms with Crippen LogP contribution in [0.3, 0.4) is 0 Å². The second-order valence-corrected chi connectivity index (χ2v) is 5.94. The van der Waals surface area contributed by atoms with Gasteiger partial charge in [0.25, 0.3) is 0 Å². The summed E-state index contributed by atoms with van der Waals surface area (Å²) in [5.41, 5.74) is 6.13. The highest BCUT2D eigenvalue weighted by Crippen LogP contribution is 2.25. The fourth-order valence-electron chi connectivity index (χ4n) is 2.78. The molecule has 4 rings (SSSR count). The highest BCUT2D eigenvalue weighted by atomic mass is 15.3. The first-order valence-corrected chi connectivity index (χ1v) is 7.90. The number of fused-ring (bicyclic) bond motifs is 1. The first-order valence-electron chi connectivity index (χ1n) is 7.90. The van der Waals surface area contributed by atoms with E-state index in [1.807, 2.05) is 55.1 Å². The lowest BCUT2D eigenvalue weighted by Crippen LogP contribution is -2.08. The maximum atomic E-state index is 4.82. The number of nitrogens with zero attached hydrogens (tertiary/aromatic N) is 4. The Balaban J connectivity index is 1.85. The van der Waals surface area contributed by atoms with E-state index in [4.69, 9.17) is 5.10 Å². The molecule has 0 atom stereocenters. The quantitative estimate of drug-likeness (QED) is 0.570. The molecule has 0 N–H and O–H groups in total. The van der Waals surface area contributed by atoms with E-state index in [2.05, 4.69) is 46.3 Å². The summed E-state index contributed by atoms with van der Waals surface area (Å²) in [5.74, 6) is 0. The molecule has 0 spiro atoms. The van der Waals surface area contributed by atoms with Gasteiger partial charge in [0.05, 0.1) is 17.6 Å². The average Bonchev–Trinajstić information content (AvgIpc) is 3.05. The third-order valence-electron chi connectivity index (χ3n) is 4.09. The molecular formula is C20H18N4. The fraction of sp³-hybridized carbons (Fsp3) is 0.100. The Kier molecular flexibility index (Phi) is 3.50. The molecule has 0 aliphatic carbocycles. The van der Waals surface area contributed by atoms with Crippen molar-refractivity contribution in [1.82, 2.24) is 14.6 Å². The van der Waals surface area contributed by atoms with Crippen molar-refractivity contribution in [2.24, 2.45) is 0 Å². The van der Waals surface area contributed by atoms with Gasteiger partial charge in [-0.15, -0.1) is 0 Å². The van der Waals surface area contributed by atoms with Crippen molar-refractivity contribution >= 4 is 11.3 Å². The molecule has 0 amide bonds. The molecule has 2 aromatic heterocycles. The van der Waals surface area contributed by atoms with Crippen LogP contribution in [-0.2, 0) is 0 Å². The van der Waals surface area contributed by atoms with Crippen LogP contribution in [-0.4, -0.2) is 28.7 Å². The van der Waals surface area contributed by atoms with Crippen LogP contribution in [0.2, 0.25) is 0 Å². The first kappa shape index (κ1) is 14.5. The van der Waals surface area contributed by atoms with Gasteiger partial charge in [-0.3, -0.25) is 0 Å². The molecule has 2 aromatic carbocycles. The normalized spacial score (nSPS) is 10.9. The van der Waals surface area contributed by atoms with Crippen LogP contribution in [0.4, 0.5) is 5.69 Å². The molecule has 4 aromatic rings. The summed E-state index contributed by atoms with van der Waals surface area (Å²) in [6.45, 7) is 0. The maximum absolute atomic E-state index is 4.82. The monoisotopic (exact) mass is 314 g/mol. The zero-order valence-electron chi connectivity index (χ0n) is 13.7. The van der Waals surface area contributed by atoms with Gasteiger partial charge in [0.1, 0.15) is 0 Å². The van der Waals surface area contributed by atoms with Gasteiger partial charge >= 0.3 is 0 Å². The molecule has 0 radical (unpaired) electrons. The molecule has 0 aliphatic heterocycles. The third kappa shape index (κ3) is 2.52. The van der Waals surface area contributed by atoms with Crippen molar-refractivity contribution in [2.45, 2.75) is 0 Å². The third-order valence-corrected chi connectivity index (χ3v) is 4.09. The first-order chi connectivity index (χ1) is 11.7. The summed E-state index contributed by atoms with van der Waals surface area (Å²) >= 11 is 0. The number of imidazole rings is 1. The topological polar surface area (TPSA) is 33.4 Å². The molecule has 118 valence electrons. The van der Waals surface area contributed by atoms with Crippen LogP contribution < -0.4 is 4.90 Å². The van der Waals surface area contributed by atoms with Gasteiger partial charge in [0.15, 0.2) is 5.65 Å². The predicted molar refractivity (Wildman–Crippen MR) is 98.2 cm³/mol. The predicted octanol–water partition coefficient (Wildman–Crippen LogP) is 4.13. The summed E-state index contributed by atoms with van der Waals surface area (Å²) in [4.78, 5) is 6.56. The minimum atomic E-state index is 0.848. The second kappa shape index (κ2) is 5.81. The Morgan fingerprint density at radius 2 is 1.62 bits per heavy atom. The Morgan fingerprint density at radius 3 is 2.42 bits per heavy atom. The van der Waals surface area contributed by atoms with Crippen LogP contribution in [0.1, 0.15) is 0 Å². The van der Waals surface area contributed by atoms with Gasteiger partial charge < -0.3 is 4.90 Å². The van der Waals surface area contributed by atoms with Crippen molar-refractivity contribution < 1.29 is 0 Å². The van der Waals surface area contributed by atoms with Crippen LogP contribution in [0.15, 0.2) is 72.9 Å². The number of benzene rings is 2. The van der Waals surface area contributed by atoms with E-state index in [0.717, 1.165) is 33.8 Å². The molecular weight excluding hydrogens is 296 g/mol. The van der Waals surface area contributed by atoms with E-state index < -0.39 is 0 Å². The Bertz CT molecular complexity index is 987. The lowest BCUT2D eigenvalue weighted by atomic mass is 10.1. The zero-order chi connectivity index (χ0) is 16.5. The smallest absolute Gasteiger partial charge is 0.154 e. The lowest BCUT2D eigenvalue weighted by Gasteiger charge is -2.13. The molecule has 0 fully saturated rings. The van der Waals surface area contributed by atoms with Crippen LogP contribution >= 0.6 is 0 Å². The molecule has 0 saturated carbocycles. The van der Waals surface area contributed by atoms with E-state index in [9.17, 15) is 0 Å². The largest absolute Gasteiger partial charge is 0.378 e. The number of aromatic nitrogens is 3. The summed E-state index contributed by atoms with van der Waals surface area (Å²) in [6, 6.07) is 22.6. The minimum Gasteiger partial charge on any atom is -0.378 e. The van der Waals surface area contributed by atoms with Crippen molar-refractivity contribution in [3.05, 3.63) is 72.9 Å².